The molecule has 3 aliphatic carbocycles. The Morgan fingerprint density at radius 2 is 2.06 bits per heavy atom. The second kappa shape index (κ2) is 10.3. The van der Waals surface area contributed by atoms with E-state index in [0.29, 0.717) is 42.7 Å². The van der Waals surface area contributed by atoms with Crippen LogP contribution in [0.1, 0.15) is 43.6 Å². The summed E-state index contributed by atoms with van der Waals surface area (Å²) in [6.45, 7) is 0.610. The number of nitrogens with zero attached hydrogens (tertiary/aromatic N) is 1. The zero-order valence-electron chi connectivity index (χ0n) is 20.3. The highest BCUT2D eigenvalue weighted by Gasteiger charge is 2.50. The number of carbonyl (C=O) groups excluding carboxylic acids is 2. The fraction of sp³-hybridized carbons (Fsp3) is 0.630. The van der Waals surface area contributed by atoms with Gasteiger partial charge in [0.15, 0.2) is 0 Å². The third kappa shape index (κ3) is 4.59. The number of fused-ring (bicyclic) bond motifs is 5. The van der Waals surface area contributed by atoms with E-state index in [-0.39, 0.29) is 25.0 Å². The Kier molecular flexibility index (Phi) is 7.14. The maximum absolute atomic E-state index is 13.6. The minimum Gasteiger partial charge on any atom is -0.486 e. The van der Waals surface area contributed by atoms with E-state index in [1.54, 1.807) is 18.1 Å². The number of ether oxygens (including phenoxy) is 2. The first-order valence-corrected chi connectivity index (χ1v) is 12.8. The van der Waals surface area contributed by atoms with Crippen LogP contribution in [0, 0.1) is 17.8 Å². The molecule has 190 valence electrons. The van der Waals surface area contributed by atoms with Gasteiger partial charge in [0, 0.05) is 37.8 Å². The van der Waals surface area contributed by atoms with Crippen molar-refractivity contribution in [1.82, 2.24) is 10.2 Å². The molecular formula is C27H36N2O6. The molecule has 3 N–H and O–H groups in total. The molecule has 2 fully saturated rings. The monoisotopic (exact) mass is 484 g/mol. The predicted octanol–water partition coefficient (Wildman–Crippen LogP) is 1.61. The van der Waals surface area contributed by atoms with Crippen LogP contribution in [0.25, 0.3) is 0 Å². The summed E-state index contributed by atoms with van der Waals surface area (Å²) in [5, 5.41) is 23.5. The Hall–Kier alpha value is -2.42. The van der Waals surface area contributed by atoms with Crippen LogP contribution in [0.4, 0.5) is 0 Å². The highest BCUT2D eigenvalue weighted by molar-refractivity contribution is 5.96. The number of amides is 2. The highest BCUT2D eigenvalue weighted by atomic mass is 16.5. The number of benzene rings is 1. The normalized spacial score (nSPS) is 32.4. The molecule has 8 nitrogen and oxygen atoms in total. The Bertz CT molecular complexity index is 980. The molecule has 2 amide bonds. The van der Waals surface area contributed by atoms with E-state index in [1.807, 2.05) is 24.3 Å². The quantitative estimate of drug-likeness (QED) is 0.492. The molecular weight excluding hydrogens is 448 g/mol. The van der Waals surface area contributed by atoms with E-state index < -0.39 is 24.2 Å². The Labute approximate surface area is 206 Å². The lowest BCUT2D eigenvalue weighted by atomic mass is 9.77. The van der Waals surface area contributed by atoms with Crippen LogP contribution in [-0.4, -0.2) is 78.6 Å². The number of hydrogen-bond acceptors (Lipinski definition) is 6. The van der Waals surface area contributed by atoms with E-state index in [2.05, 4.69) is 5.32 Å². The van der Waals surface area contributed by atoms with Crippen LogP contribution >= 0.6 is 0 Å². The lowest BCUT2D eigenvalue weighted by molar-refractivity contribution is -0.139. The summed E-state index contributed by atoms with van der Waals surface area (Å²) < 4.78 is 11.5. The van der Waals surface area contributed by atoms with Crippen molar-refractivity contribution in [2.75, 3.05) is 33.4 Å². The van der Waals surface area contributed by atoms with Gasteiger partial charge in [-0.3, -0.25) is 9.59 Å². The van der Waals surface area contributed by atoms with Crippen LogP contribution in [-0.2, 0) is 14.3 Å². The number of methoxy groups -OCH3 is 1. The van der Waals surface area contributed by atoms with Gasteiger partial charge in [-0.25, -0.2) is 0 Å². The molecule has 0 saturated heterocycles. The number of nitrogens with one attached hydrogen (secondary N) is 1. The molecule has 3 unspecified atom stereocenters. The molecule has 2 bridgehead atoms. The average Bonchev–Trinajstić information content (AvgIpc) is 3.58. The summed E-state index contributed by atoms with van der Waals surface area (Å²) in [6.07, 6.45) is 5.34. The Morgan fingerprint density at radius 1 is 1.23 bits per heavy atom. The van der Waals surface area contributed by atoms with Crippen LogP contribution in [0.5, 0.6) is 5.75 Å². The Morgan fingerprint density at radius 3 is 2.77 bits per heavy atom. The number of rotatable bonds is 9. The lowest BCUT2D eigenvalue weighted by Gasteiger charge is -2.41. The fourth-order valence-electron chi connectivity index (χ4n) is 6.79. The van der Waals surface area contributed by atoms with Crippen LogP contribution in [0.2, 0.25) is 0 Å². The maximum atomic E-state index is 13.6. The summed E-state index contributed by atoms with van der Waals surface area (Å²) in [5.74, 6) is 1.63. The minimum absolute atomic E-state index is 0.0102. The summed E-state index contributed by atoms with van der Waals surface area (Å²) in [4.78, 5) is 28.5. The van der Waals surface area contributed by atoms with Crippen LogP contribution < -0.4 is 10.1 Å². The van der Waals surface area contributed by atoms with E-state index in [1.165, 1.54) is 19.3 Å². The van der Waals surface area contributed by atoms with Gasteiger partial charge in [-0.15, -0.1) is 0 Å². The minimum atomic E-state index is -0.998. The van der Waals surface area contributed by atoms with E-state index in [4.69, 9.17) is 9.47 Å². The van der Waals surface area contributed by atoms with Gasteiger partial charge in [-0.05, 0) is 49.2 Å². The SMILES string of the molecule is COCCN(C(=O)CC1CC2CCC1C2)[C@@H]1C=C(C(=O)NCCO)[C@@H]2c3ccccc3O[C@@H]2[C@H]1O. The number of para-hydroxylation sites is 1. The zero-order chi connectivity index (χ0) is 24.5. The van der Waals surface area contributed by atoms with Gasteiger partial charge in [-0.1, -0.05) is 24.6 Å². The molecule has 7 atom stereocenters. The Balaban J connectivity index is 1.45. The van der Waals surface area contributed by atoms with Gasteiger partial charge in [-0.2, -0.15) is 0 Å². The summed E-state index contributed by atoms with van der Waals surface area (Å²) >= 11 is 0. The number of carbonyl (C=O) groups is 2. The molecule has 1 aliphatic heterocycles. The van der Waals surface area contributed by atoms with E-state index in [0.717, 1.165) is 17.9 Å². The van der Waals surface area contributed by atoms with Gasteiger partial charge in [0.25, 0.3) is 0 Å². The molecule has 5 rings (SSSR count). The number of aliphatic hydroxyl groups excluding tert-OH is 2. The molecule has 0 spiro atoms. The summed E-state index contributed by atoms with van der Waals surface area (Å²) in [7, 11) is 1.59. The average molecular weight is 485 g/mol. The number of hydrogen-bond donors (Lipinski definition) is 3. The largest absolute Gasteiger partial charge is 0.486 e. The van der Waals surface area contributed by atoms with Gasteiger partial charge in [0.2, 0.25) is 11.8 Å². The molecule has 4 aliphatic rings. The van der Waals surface area contributed by atoms with Crippen molar-refractivity contribution < 1.29 is 29.3 Å². The molecule has 35 heavy (non-hydrogen) atoms. The van der Waals surface area contributed by atoms with E-state index >= 15 is 0 Å². The standard InChI is InChI=1S/C27H36N2O6/c1-34-11-9-29(23(31)14-18-13-16-6-7-17(18)12-16)21-15-20(27(33)28-8-10-30)24-19-4-2-3-5-22(19)35-26(24)25(21)32/h2-5,15-18,21,24-26,30,32H,6-14H2,1H3,(H,28,33)/t16?,17?,18?,21-,24+,25+,26+/m1/s1. The highest BCUT2D eigenvalue weighted by Crippen LogP contribution is 2.50. The van der Waals surface area contributed by atoms with Gasteiger partial charge in [0.1, 0.15) is 18.0 Å². The van der Waals surface area contributed by atoms with E-state index in [9.17, 15) is 19.8 Å². The fourth-order valence-corrected chi connectivity index (χ4v) is 6.79. The molecule has 8 heteroatoms. The molecule has 2 saturated carbocycles. The first kappa shape index (κ1) is 24.3. The van der Waals surface area contributed by atoms with Crippen molar-refractivity contribution in [3.05, 3.63) is 41.5 Å². The van der Waals surface area contributed by atoms with Crippen molar-refractivity contribution >= 4 is 11.8 Å². The van der Waals surface area contributed by atoms with Crippen molar-refractivity contribution in [3.8, 4) is 5.75 Å². The van der Waals surface area contributed by atoms with Gasteiger partial charge < -0.3 is 29.9 Å². The summed E-state index contributed by atoms with van der Waals surface area (Å²) in [6, 6.07) is 6.78. The predicted molar refractivity (Wildman–Crippen MR) is 129 cm³/mol. The first-order chi connectivity index (χ1) is 17.0. The molecule has 0 radical (unpaired) electrons. The summed E-state index contributed by atoms with van der Waals surface area (Å²) in [5.41, 5.74) is 1.30. The molecule has 1 heterocycles. The number of aliphatic hydroxyl groups is 2. The van der Waals surface area contributed by atoms with Crippen molar-refractivity contribution in [2.24, 2.45) is 17.8 Å². The third-order valence-electron chi connectivity index (χ3n) is 8.41. The first-order valence-electron chi connectivity index (χ1n) is 12.8. The topological polar surface area (TPSA) is 108 Å². The second-order valence-corrected chi connectivity index (χ2v) is 10.4. The third-order valence-corrected chi connectivity index (χ3v) is 8.41. The lowest BCUT2D eigenvalue weighted by Crippen LogP contribution is -2.56. The van der Waals surface area contributed by atoms with Crippen molar-refractivity contribution in [1.29, 1.82) is 0 Å². The second-order valence-electron chi connectivity index (χ2n) is 10.4. The maximum Gasteiger partial charge on any atom is 0.247 e. The van der Waals surface area contributed by atoms with Gasteiger partial charge in [0.05, 0.1) is 25.2 Å². The van der Waals surface area contributed by atoms with Crippen molar-refractivity contribution in [3.63, 3.8) is 0 Å². The smallest absolute Gasteiger partial charge is 0.247 e. The van der Waals surface area contributed by atoms with Crippen LogP contribution in [0.15, 0.2) is 35.9 Å². The molecule has 1 aromatic carbocycles. The molecule has 0 aromatic heterocycles. The van der Waals surface area contributed by atoms with Crippen molar-refractivity contribution in [2.45, 2.75) is 56.3 Å². The van der Waals surface area contributed by atoms with Crippen LogP contribution in [0.3, 0.4) is 0 Å². The zero-order valence-corrected chi connectivity index (χ0v) is 20.3. The van der Waals surface area contributed by atoms with Gasteiger partial charge >= 0.3 is 0 Å². The molecule has 1 aromatic rings.